The van der Waals surface area contributed by atoms with E-state index in [1.807, 2.05) is 29.9 Å². The Bertz CT molecular complexity index is 531. The third-order valence-corrected chi connectivity index (χ3v) is 2.81. The lowest BCUT2D eigenvalue weighted by atomic mass is 10.1. The van der Waals surface area contributed by atoms with E-state index in [1.54, 1.807) is 6.07 Å². The Morgan fingerprint density at radius 3 is 2.80 bits per heavy atom. The molecule has 0 radical (unpaired) electrons. The van der Waals surface area contributed by atoms with Crippen molar-refractivity contribution < 1.29 is 9.53 Å². The molecule has 2 aromatic rings. The SMILES string of the molecule is COC(=O)c1ccc2c(ccn2C)c1Cl. The maximum absolute atomic E-state index is 11.4. The molecule has 0 saturated carbocycles. The van der Waals surface area contributed by atoms with Gasteiger partial charge in [0.2, 0.25) is 0 Å². The minimum absolute atomic E-state index is 0.401. The van der Waals surface area contributed by atoms with Crippen LogP contribution in [-0.4, -0.2) is 17.6 Å². The average molecular weight is 224 g/mol. The maximum Gasteiger partial charge on any atom is 0.339 e. The summed E-state index contributed by atoms with van der Waals surface area (Å²) in [7, 11) is 3.27. The van der Waals surface area contributed by atoms with E-state index in [0.717, 1.165) is 10.9 Å². The zero-order valence-electron chi connectivity index (χ0n) is 8.45. The number of aryl methyl sites for hydroxylation is 1. The monoisotopic (exact) mass is 223 g/mol. The van der Waals surface area contributed by atoms with Gasteiger partial charge in [0, 0.05) is 24.1 Å². The van der Waals surface area contributed by atoms with Gasteiger partial charge in [-0.2, -0.15) is 0 Å². The second-order valence-electron chi connectivity index (χ2n) is 3.28. The van der Waals surface area contributed by atoms with Gasteiger partial charge in [0.05, 0.1) is 17.7 Å². The lowest BCUT2D eigenvalue weighted by Crippen LogP contribution is -2.02. The Morgan fingerprint density at radius 2 is 2.13 bits per heavy atom. The van der Waals surface area contributed by atoms with Crippen molar-refractivity contribution in [2.24, 2.45) is 7.05 Å². The van der Waals surface area contributed by atoms with Crippen molar-refractivity contribution in [3.63, 3.8) is 0 Å². The van der Waals surface area contributed by atoms with Crippen molar-refractivity contribution in [1.82, 2.24) is 4.57 Å². The van der Waals surface area contributed by atoms with Crippen molar-refractivity contribution in [1.29, 1.82) is 0 Å². The van der Waals surface area contributed by atoms with Gasteiger partial charge >= 0.3 is 5.97 Å². The molecular weight excluding hydrogens is 214 g/mol. The number of aromatic nitrogens is 1. The zero-order chi connectivity index (χ0) is 11.0. The molecule has 3 nitrogen and oxygen atoms in total. The Hall–Kier alpha value is -1.48. The fourth-order valence-electron chi connectivity index (χ4n) is 1.58. The number of fused-ring (bicyclic) bond motifs is 1. The second-order valence-corrected chi connectivity index (χ2v) is 3.66. The molecule has 1 aromatic heterocycles. The smallest absolute Gasteiger partial charge is 0.339 e. The molecule has 4 heteroatoms. The van der Waals surface area contributed by atoms with E-state index >= 15 is 0 Å². The molecule has 0 spiro atoms. The summed E-state index contributed by atoms with van der Waals surface area (Å²) in [5.41, 5.74) is 1.39. The lowest BCUT2D eigenvalue weighted by molar-refractivity contribution is 0.0601. The van der Waals surface area contributed by atoms with Crippen LogP contribution < -0.4 is 0 Å². The van der Waals surface area contributed by atoms with Crippen LogP contribution in [0.2, 0.25) is 5.02 Å². The van der Waals surface area contributed by atoms with Gasteiger partial charge in [-0.25, -0.2) is 4.79 Å². The normalized spacial score (nSPS) is 10.6. The predicted molar refractivity (Wildman–Crippen MR) is 59.3 cm³/mol. The summed E-state index contributed by atoms with van der Waals surface area (Å²) in [4.78, 5) is 11.4. The van der Waals surface area contributed by atoms with E-state index < -0.39 is 5.97 Å². The van der Waals surface area contributed by atoms with Crippen LogP contribution >= 0.6 is 11.6 Å². The Morgan fingerprint density at radius 1 is 1.40 bits per heavy atom. The lowest BCUT2D eigenvalue weighted by Gasteiger charge is -2.04. The number of carbonyl (C=O) groups excluding carboxylic acids is 1. The molecule has 0 amide bonds. The molecule has 2 rings (SSSR count). The van der Waals surface area contributed by atoms with Crippen LogP contribution in [0.3, 0.4) is 0 Å². The molecule has 0 aliphatic carbocycles. The van der Waals surface area contributed by atoms with Crippen molar-refractivity contribution in [2.75, 3.05) is 7.11 Å². The average Bonchev–Trinajstić information content (AvgIpc) is 2.61. The highest BCUT2D eigenvalue weighted by Gasteiger charge is 2.14. The Labute approximate surface area is 92.2 Å². The molecule has 78 valence electrons. The van der Waals surface area contributed by atoms with Gasteiger partial charge in [0.1, 0.15) is 0 Å². The highest BCUT2D eigenvalue weighted by atomic mass is 35.5. The van der Waals surface area contributed by atoms with Crippen molar-refractivity contribution >= 4 is 28.5 Å². The number of hydrogen-bond donors (Lipinski definition) is 0. The van der Waals surface area contributed by atoms with Crippen LogP contribution in [0.15, 0.2) is 24.4 Å². The van der Waals surface area contributed by atoms with Gasteiger partial charge in [0.25, 0.3) is 0 Å². The molecule has 1 heterocycles. The first-order chi connectivity index (χ1) is 7.15. The number of methoxy groups -OCH3 is 1. The highest BCUT2D eigenvalue weighted by molar-refractivity contribution is 6.38. The zero-order valence-corrected chi connectivity index (χ0v) is 9.21. The van der Waals surface area contributed by atoms with E-state index in [2.05, 4.69) is 4.74 Å². The van der Waals surface area contributed by atoms with E-state index in [1.165, 1.54) is 7.11 Å². The highest BCUT2D eigenvalue weighted by Crippen LogP contribution is 2.28. The summed E-state index contributed by atoms with van der Waals surface area (Å²) in [6, 6.07) is 5.41. The number of ether oxygens (including phenoxy) is 1. The summed E-state index contributed by atoms with van der Waals surface area (Å²) in [5, 5.41) is 1.31. The quantitative estimate of drug-likeness (QED) is 0.696. The van der Waals surface area contributed by atoms with Crippen LogP contribution in [0.5, 0.6) is 0 Å². The summed E-state index contributed by atoms with van der Waals surface area (Å²) < 4.78 is 6.59. The minimum atomic E-state index is -0.411. The molecule has 0 atom stereocenters. The first-order valence-corrected chi connectivity index (χ1v) is 4.85. The third-order valence-electron chi connectivity index (χ3n) is 2.41. The number of hydrogen-bond acceptors (Lipinski definition) is 2. The fraction of sp³-hybridized carbons (Fsp3) is 0.182. The van der Waals surface area contributed by atoms with E-state index in [4.69, 9.17) is 11.6 Å². The maximum atomic E-state index is 11.4. The van der Waals surface area contributed by atoms with Crippen LogP contribution in [0.1, 0.15) is 10.4 Å². The largest absolute Gasteiger partial charge is 0.465 e. The second kappa shape index (κ2) is 3.59. The molecule has 0 aliphatic heterocycles. The van der Waals surface area contributed by atoms with Crippen LogP contribution in [-0.2, 0) is 11.8 Å². The molecule has 0 saturated heterocycles. The van der Waals surface area contributed by atoms with Crippen molar-refractivity contribution in [3.8, 4) is 0 Å². The molecule has 1 aromatic carbocycles. The Kier molecular flexibility index (Phi) is 2.40. The van der Waals surface area contributed by atoms with Crippen molar-refractivity contribution in [2.45, 2.75) is 0 Å². The number of carbonyl (C=O) groups is 1. The number of nitrogens with zero attached hydrogens (tertiary/aromatic N) is 1. The summed E-state index contributed by atoms with van der Waals surface area (Å²) >= 11 is 6.11. The number of benzene rings is 1. The van der Waals surface area contributed by atoms with Gasteiger partial charge in [0.15, 0.2) is 0 Å². The van der Waals surface area contributed by atoms with Crippen LogP contribution in [0.25, 0.3) is 10.9 Å². The first kappa shape index (κ1) is 10.1. The third kappa shape index (κ3) is 1.49. The number of esters is 1. The summed E-state index contributed by atoms with van der Waals surface area (Å²) in [5.74, 6) is -0.411. The predicted octanol–water partition coefficient (Wildman–Crippen LogP) is 2.62. The van der Waals surface area contributed by atoms with Crippen LogP contribution in [0.4, 0.5) is 0 Å². The molecule has 0 unspecified atom stereocenters. The van der Waals surface area contributed by atoms with E-state index in [0.29, 0.717) is 10.6 Å². The van der Waals surface area contributed by atoms with Crippen LogP contribution in [0, 0.1) is 0 Å². The van der Waals surface area contributed by atoms with E-state index in [9.17, 15) is 4.79 Å². The molecule has 15 heavy (non-hydrogen) atoms. The van der Waals surface area contributed by atoms with Gasteiger partial charge in [-0.15, -0.1) is 0 Å². The van der Waals surface area contributed by atoms with Crippen molar-refractivity contribution in [3.05, 3.63) is 35.0 Å². The molecule has 0 aliphatic rings. The first-order valence-electron chi connectivity index (χ1n) is 4.47. The van der Waals surface area contributed by atoms with Gasteiger partial charge < -0.3 is 9.30 Å². The van der Waals surface area contributed by atoms with E-state index in [-0.39, 0.29) is 0 Å². The van der Waals surface area contributed by atoms with Gasteiger partial charge in [-0.3, -0.25) is 0 Å². The fourth-order valence-corrected chi connectivity index (χ4v) is 1.88. The molecule has 0 N–H and O–H groups in total. The number of halogens is 1. The standard InChI is InChI=1S/C11H10ClNO2/c1-13-6-5-7-9(13)4-3-8(10(7)12)11(14)15-2/h3-6H,1-2H3. The number of rotatable bonds is 1. The molecular formula is C11H10ClNO2. The summed E-state index contributed by atoms with van der Waals surface area (Å²) in [6.45, 7) is 0. The van der Waals surface area contributed by atoms with Gasteiger partial charge in [-0.05, 0) is 18.2 Å². The summed E-state index contributed by atoms with van der Waals surface area (Å²) in [6.07, 6.45) is 1.90. The topological polar surface area (TPSA) is 31.2 Å². The Balaban J connectivity index is 2.71. The molecule has 0 bridgehead atoms. The minimum Gasteiger partial charge on any atom is -0.465 e. The molecule has 0 fully saturated rings. The van der Waals surface area contributed by atoms with Gasteiger partial charge in [-0.1, -0.05) is 11.6 Å².